The van der Waals surface area contributed by atoms with Gasteiger partial charge in [0.25, 0.3) is 0 Å². The molecule has 1 aliphatic rings. The second-order valence-corrected chi connectivity index (χ2v) is 6.37. The normalized spacial score (nSPS) is 14.8. The number of esters is 1. The molecule has 1 aromatic rings. The largest absolute Gasteiger partial charge is 0.464 e. The van der Waals surface area contributed by atoms with Crippen LogP contribution in [-0.4, -0.2) is 54.8 Å². The number of nitrogens with zero attached hydrogens (tertiary/aromatic N) is 2. The van der Waals surface area contributed by atoms with E-state index in [4.69, 9.17) is 9.15 Å². The van der Waals surface area contributed by atoms with Crippen molar-refractivity contribution >= 4 is 12.0 Å². The van der Waals surface area contributed by atoms with E-state index in [1.807, 2.05) is 6.92 Å². The monoisotopic (exact) mass is 367 g/mol. The van der Waals surface area contributed by atoms with E-state index in [1.165, 1.54) is 19.8 Å². The van der Waals surface area contributed by atoms with E-state index < -0.39 is 5.97 Å². The van der Waals surface area contributed by atoms with Crippen molar-refractivity contribution in [1.82, 2.24) is 15.2 Å². The first kappa shape index (κ1) is 20.2. The summed E-state index contributed by atoms with van der Waals surface area (Å²) < 4.78 is 15.3. The van der Waals surface area contributed by atoms with Crippen LogP contribution in [0.5, 0.6) is 0 Å². The second kappa shape index (κ2) is 10.8. The van der Waals surface area contributed by atoms with Crippen LogP contribution < -0.4 is 5.32 Å². The summed E-state index contributed by atoms with van der Waals surface area (Å²) in [5, 5.41) is 3.11. The van der Waals surface area contributed by atoms with Crippen LogP contribution in [0.25, 0.3) is 0 Å². The lowest BCUT2D eigenvalue weighted by atomic mass is 9.96. The van der Waals surface area contributed by atoms with Gasteiger partial charge in [-0.15, -0.1) is 0 Å². The van der Waals surface area contributed by atoms with Gasteiger partial charge in [0.1, 0.15) is 6.26 Å². The molecule has 0 unspecified atom stereocenters. The van der Waals surface area contributed by atoms with Gasteiger partial charge >= 0.3 is 12.0 Å². The number of ether oxygens (including phenoxy) is 2. The van der Waals surface area contributed by atoms with Crippen molar-refractivity contribution in [2.45, 2.75) is 58.0 Å². The topological polar surface area (TPSA) is 93.9 Å². The highest BCUT2D eigenvalue weighted by Gasteiger charge is 2.22. The zero-order valence-electron chi connectivity index (χ0n) is 15.7. The van der Waals surface area contributed by atoms with Crippen LogP contribution in [0.1, 0.15) is 61.8 Å². The van der Waals surface area contributed by atoms with E-state index in [1.54, 1.807) is 4.90 Å². The quantitative estimate of drug-likeness (QED) is 0.533. The summed E-state index contributed by atoms with van der Waals surface area (Å²) >= 11 is 0. The zero-order valence-corrected chi connectivity index (χ0v) is 15.7. The number of nitrogens with one attached hydrogen (secondary N) is 1. The average molecular weight is 367 g/mol. The Kier molecular flexibility index (Phi) is 8.40. The molecule has 0 radical (unpaired) electrons. The SMILES string of the molecule is CCOCCCN(Cc1nc(C(=O)OC)co1)C(=O)NC1CCCCC1. The first-order chi connectivity index (χ1) is 12.6. The predicted molar refractivity (Wildman–Crippen MR) is 94.8 cm³/mol. The van der Waals surface area contributed by atoms with E-state index >= 15 is 0 Å². The summed E-state index contributed by atoms with van der Waals surface area (Å²) in [6.07, 6.45) is 7.54. The number of oxazole rings is 1. The van der Waals surface area contributed by atoms with Crippen molar-refractivity contribution in [3.8, 4) is 0 Å². The molecule has 8 nitrogen and oxygen atoms in total. The molecule has 26 heavy (non-hydrogen) atoms. The van der Waals surface area contributed by atoms with Crippen molar-refractivity contribution in [3.63, 3.8) is 0 Å². The van der Waals surface area contributed by atoms with E-state index in [9.17, 15) is 9.59 Å². The van der Waals surface area contributed by atoms with Crippen molar-refractivity contribution in [3.05, 3.63) is 17.8 Å². The molecule has 0 atom stereocenters. The van der Waals surface area contributed by atoms with Crippen molar-refractivity contribution in [2.75, 3.05) is 26.9 Å². The summed E-state index contributed by atoms with van der Waals surface area (Å²) in [6, 6.07) is 0.0899. The average Bonchev–Trinajstić information content (AvgIpc) is 3.13. The molecular formula is C18H29N3O5. The van der Waals surface area contributed by atoms with Gasteiger partial charge in [-0.3, -0.25) is 0 Å². The minimum Gasteiger partial charge on any atom is -0.464 e. The maximum Gasteiger partial charge on any atom is 0.360 e. The number of hydrogen-bond acceptors (Lipinski definition) is 6. The molecule has 1 aromatic heterocycles. The molecule has 1 N–H and O–H groups in total. The molecule has 8 heteroatoms. The van der Waals surface area contributed by atoms with E-state index in [0.29, 0.717) is 25.6 Å². The summed E-state index contributed by atoms with van der Waals surface area (Å²) in [4.78, 5) is 29.9. The fourth-order valence-corrected chi connectivity index (χ4v) is 3.01. The first-order valence-electron chi connectivity index (χ1n) is 9.30. The molecule has 146 valence electrons. The zero-order chi connectivity index (χ0) is 18.8. The van der Waals surface area contributed by atoms with Gasteiger partial charge < -0.3 is 24.1 Å². The van der Waals surface area contributed by atoms with Crippen LogP contribution in [0.15, 0.2) is 10.7 Å². The van der Waals surface area contributed by atoms with Gasteiger partial charge in [-0.1, -0.05) is 19.3 Å². The summed E-state index contributed by atoms with van der Waals surface area (Å²) in [5.41, 5.74) is 0.101. The third-order valence-corrected chi connectivity index (χ3v) is 4.41. The number of hydrogen-bond donors (Lipinski definition) is 1. The van der Waals surface area contributed by atoms with E-state index in [0.717, 1.165) is 32.1 Å². The lowest BCUT2D eigenvalue weighted by Crippen LogP contribution is -2.45. The van der Waals surface area contributed by atoms with Gasteiger partial charge in [-0.25, -0.2) is 14.6 Å². The van der Waals surface area contributed by atoms with Gasteiger partial charge in [-0.05, 0) is 26.2 Å². The molecular weight excluding hydrogens is 338 g/mol. The molecule has 1 heterocycles. The predicted octanol–water partition coefficient (Wildman–Crippen LogP) is 2.73. The summed E-state index contributed by atoms with van der Waals surface area (Å²) in [6.45, 7) is 3.89. The fraction of sp³-hybridized carbons (Fsp3) is 0.722. The number of urea groups is 1. The molecule has 0 spiro atoms. The Morgan fingerprint density at radius 1 is 1.35 bits per heavy atom. The Bertz CT molecular complexity index is 569. The van der Waals surface area contributed by atoms with Crippen LogP contribution >= 0.6 is 0 Å². The third-order valence-electron chi connectivity index (χ3n) is 4.41. The molecule has 0 saturated heterocycles. The highest BCUT2D eigenvalue weighted by atomic mass is 16.5. The Morgan fingerprint density at radius 3 is 2.81 bits per heavy atom. The molecule has 0 aliphatic heterocycles. The fourth-order valence-electron chi connectivity index (χ4n) is 3.01. The Labute approximate surface area is 154 Å². The minimum atomic E-state index is -0.561. The van der Waals surface area contributed by atoms with E-state index in [-0.39, 0.29) is 24.3 Å². The Morgan fingerprint density at radius 2 is 2.12 bits per heavy atom. The van der Waals surface area contributed by atoms with E-state index in [2.05, 4.69) is 15.0 Å². The van der Waals surface area contributed by atoms with Crippen LogP contribution in [0.2, 0.25) is 0 Å². The second-order valence-electron chi connectivity index (χ2n) is 6.37. The Balaban J connectivity index is 1.95. The number of carbonyl (C=O) groups excluding carboxylic acids is 2. The molecule has 2 amide bonds. The number of rotatable bonds is 9. The highest BCUT2D eigenvalue weighted by molar-refractivity contribution is 5.86. The highest BCUT2D eigenvalue weighted by Crippen LogP contribution is 2.18. The molecule has 1 aliphatic carbocycles. The van der Waals surface area contributed by atoms with Crippen molar-refractivity contribution < 1.29 is 23.5 Å². The Hall–Kier alpha value is -2.09. The molecule has 0 aromatic carbocycles. The van der Waals surface area contributed by atoms with Crippen LogP contribution in [0, 0.1) is 0 Å². The number of methoxy groups -OCH3 is 1. The molecule has 2 rings (SSSR count). The standard InChI is InChI=1S/C18H29N3O5/c1-3-25-11-7-10-21(18(23)19-14-8-5-4-6-9-14)12-16-20-15(13-26-16)17(22)24-2/h13-14H,3-12H2,1-2H3,(H,19,23). The number of aromatic nitrogens is 1. The third kappa shape index (κ3) is 6.33. The lowest BCUT2D eigenvalue weighted by Gasteiger charge is -2.27. The van der Waals surface area contributed by atoms with Crippen molar-refractivity contribution in [1.29, 1.82) is 0 Å². The minimum absolute atomic E-state index is 0.101. The van der Waals surface area contributed by atoms with Gasteiger partial charge in [0.15, 0.2) is 5.69 Å². The smallest absolute Gasteiger partial charge is 0.360 e. The van der Waals surface area contributed by atoms with Gasteiger partial charge in [0, 0.05) is 25.8 Å². The number of amides is 2. The van der Waals surface area contributed by atoms with Crippen LogP contribution in [-0.2, 0) is 16.0 Å². The molecule has 0 bridgehead atoms. The van der Waals surface area contributed by atoms with Crippen LogP contribution in [0.3, 0.4) is 0 Å². The first-order valence-corrected chi connectivity index (χ1v) is 9.30. The number of carbonyl (C=O) groups is 2. The van der Waals surface area contributed by atoms with Gasteiger partial charge in [0.05, 0.1) is 13.7 Å². The maximum absolute atomic E-state index is 12.7. The van der Waals surface area contributed by atoms with Gasteiger partial charge in [-0.2, -0.15) is 0 Å². The van der Waals surface area contributed by atoms with Crippen molar-refractivity contribution in [2.24, 2.45) is 0 Å². The maximum atomic E-state index is 12.7. The van der Waals surface area contributed by atoms with Crippen LogP contribution in [0.4, 0.5) is 4.79 Å². The molecule has 1 saturated carbocycles. The molecule has 1 fully saturated rings. The lowest BCUT2D eigenvalue weighted by molar-refractivity contribution is 0.0594. The van der Waals surface area contributed by atoms with Gasteiger partial charge in [0.2, 0.25) is 5.89 Å². The summed E-state index contributed by atoms with van der Waals surface area (Å²) in [5.74, 6) is -0.254. The summed E-state index contributed by atoms with van der Waals surface area (Å²) in [7, 11) is 1.29.